The van der Waals surface area contributed by atoms with Crippen molar-refractivity contribution in [2.45, 2.75) is 12.5 Å². The van der Waals surface area contributed by atoms with Crippen molar-refractivity contribution in [2.75, 3.05) is 0 Å². The van der Waals surface area contributed by atoms with Gasteiger partial charge in [0.25, 0.3) is 0 Å². The molecule has 0 aliphatic carbocycles. The Balaban J connectivity index is 2.48. The second-order valence-electron chi connectivity index (χ2n) is 3.94. The van der Waals surface area contributed by atoms with Crippen LogP contribution in [0.3, 0.4) is 0 Å². The maximum absolute atomic E-state index is 10.7. The third-order valence-corrected chi connectivity index (χ3v) is 2.75. The van der Waals surface area contributed by atoms with E-state index in [0.717, 1.165) is 10.9 Å². The predicted octanol–water partition coefficient (Wildman–Crippen LogP) is 1.50. The number of nitrogens with two attached hydrogens (primary N) is 1. The molecule has 1 atom stereocenters. The molecule has 0 aliphatic rings. The van der Waals surface area contributed by atoms with E-state index in [2.05, 4.69) is 0 Å². The van der Waals surface area contributed by atoms with Crippen molar-refractivity contribution in [3.05, 3.63) is 42.0 Å². The number of carbonyl (C=O) groups is 1. The summed E-state index contributed by atoms with van der Waals surface area (Å²) in [4.78, 5) is 10.7. The number of carboxylic acids is 1. The Hall–Kier alpha value is -2.07. The Bertz CT molecular complexity index is 566. The molecule has 2 aromatic rings. The van der Waals surface area contributed by atoms with E-state index in [4.69, 9.17) is 10.8 Å². The highest BCUT2D eigenvalue weighted by atomic mass is 16.4. The summed E-state index contributed by atoms with van der Waals surface area (Å²) in [5, 5.41) is 20.0. The van der Waals surface area contributed by atoms with Gasteiger partial charge in [0.05, 0.1) is 0 Å². The van der Waals surface area contributed by atoms with Crippen molar-refractivity contribution >= 4 is 16.7 Å². The average molecular weight is 231 g/mol. The smallest absolute Gasteiger partial charge is 0.320 e. The lowest BCUT2D eigenvalue weighted by atomic mass is 9.99. The van der Waals surface area contributed by atoms with Crippen LogP contribution in [0.1, 0.15) is 5.56 Å². The highest BCUT2D eigenvalue weighted by molar-refractivity contribution is 5.91. The van der Waals surface area contributed by atoms with E-state index in [1.807, 2.05) is 12.1 Å². The second kappa shape index (κ2) is 4.43. The molecule has 0 radical (unpaired) electrons. The zero-order valence-electron chi connectivity index (χ0n) is 9.13. The fourth-order valence-electron chi connectivity index (χ4n) is 1.86. The first-order valence-electron chi connectivity index (χ1n) is 5.27. The summed E-state index contributed by atoms with van der Waals surface area (Å²) in [6, 6.07) is 9.65. The molecule has 0 bridgehead atoms. The molecule has 4 nitrogen and oxygen atoms in total. The fraction of sp³-hybridized carbons (Fsp3) is 0.154. The Morgan fingerprint density at radius 3 is 2.53 bits per heavy atom. The van der Waals surface area contributed by atoms with Crippen LogP contribution in [0.5, 0.6) is 5.75 Å². The zero-order valence-corrected chi connectivity index (χ0v) is 9.13. The summed E-state index contributed by atoms with van der Waals surface area (Å²) >= 11 is 0. The van der Waals surface area contributed by atoms with Gasteiger partial charge >= 0.3 is 5.97 Å². The molecule has 0 heterocycles. The van der Waals surface area contributed by atoms with Crippen molar-refractivity contribution < 1.29 is 15.0 Å². The van der Waals surface area contributed by atoms with Crippen molar-refractivity contribution in [3.8, 4) is 5.75 Å². The first-order valence-corrected chi connectivity index (χ1v) is 5.27. The number of phenolic OH excluding ortho intramolecular Hbond substituents is 1. The molecule has 1 unspecified atom stereocenters. The number of phenols is 1. The highest BCUT2D eigenvalue weighted by Gasteiger charge is 2.14. The molecule has 0 saturated carbocycles. The summed E-state index contributed by atoms with van der Waals surface area (Å²) < 4.78 is 0. The van der Waals surface area contributed by atoms with E-state index >= 15 is 0 Å². The van der Waals surface area contributed by atoms with Gasteiger partial charge in [0.15, 0.2) is 0 Å². The third kappa shape index (κ3) is 2.21. The van der Waals surface area contributed by atoms with Crippen LogP contribution in [0.15, 0.2) is 36.4 Å². The van der Waals surface area contributed by atoms with Gasteiger partial charge in [-0.2, -0.15) is 0 Å². The van der Waals surface area contributed by atoms with Gasteiger partial charge in [-0.05, 0) is 23.4 Å². The molecule has 88 valence electrons. The topological polar surface area (TPSA) is 83.5 Å². The van der Waals surface area contributed by atoms with Crippen LogP contribution in [-0.2, 0) is 11.2 Å². The van der Waals surface area contributed by atoms with E-state index in [0.29, 0.717) is 5.39 Å². The molecule has 0 spiro atoms. The van der Waals surface area contributed by atoms with Crippen LogP contribution in [0.2, 0.25) is 0 Å². The van der Waals surface area contributed by atoms with E-state index in [1.54, 1.807) is 24.3 Å². The van der Waals surface area contributed by atoms with Gasteiger partial charge in [-0.1, -0.05) is 30.3 Å². The molecular formula is C13H13NO3. The molecule has 0 amide bonds. The minimum Gasteiger partial charge on any atom is -0.507 e. The van der Waals surface area contributed by atoms with Gasteiger partial charge in [0.1, 0.15) is 11.8 Å². The van der Waals surface area contributed by atoms with Crippen molar-refractivity contribution in [1.82, 2.24) is 0 Å². The highest BCUT2D eigenvalue weighted by Crippen LogP contribution is 2.27. The molecule has 0 fully saturated rings. The van der Waals surface area contributed by atoms with Crippen molar-refractivity contribution in [3.63, 3.8) is 0 Å². The van der Waals surface area contributed by atoms with Gasteiger partial charge in [0.2, 0.25) is 0 Å². The second-order valence-corrected chi connectivity index (χ2v) is 3.94. The van der Waals surface area contributed by atoms with Crippen molar-refractivity contribution in [1.29, 1.82) is 0 Å². The van der Waals surface area contributed by atoms with E-state index in [1.165, 1.54) is 0 Å². The summed E-state index contributed by atoms with van der Waals surface area (Å²) in [6.45, 7) is 0. The Morgan fingerprint density at radius 2 is 1.82 bits per heavy atom. The molecular weight excluding hydrogens is 218 g/mol. The molecule has 17 heavy (non-hydrogen) atoms. The lowest BCUT2D eigenvalue weighted by Gasteiger charge is -2.10. The minimum atomic E-state index is -1.03. The van der Waals surface area contributed by atoms with E-state index in [-0.39, 0.29) is 12.2 Å². The fourth-order valence-corrected chi connectivity index (χ4v) is 1.86. The monoisotopic (exact) mass is 231 g/mol. The molecule has 0 saturated heterocycles. The van der Waals surface area contributed by atoms with Gasteiger partial charge in [-0.25, -0.2) is 0 Å². The molecule has 0 aliphatic heterocycles. The minimum absolute atomic E-state index is 0.188. The summed E-state index contributed by atoms with van der Waals surface area (Å²) in [7, 11) is 0. The van der Waals surface area contributed by atoms with Crippen LogP contribution in [0.25, 0.3) is 10.8 Å². The summed E-state index contributed by atoms with van der Waals surface area (Å²) in [6.07, 6.45) is 0.246. The summed E-state index contributed by atoms with van der Waals surface area (Å²) in [5.41, 5.74) is 6.34. The predicted molar refractivity (Wildman–Crippen MR) is 64.9 cm³/mol. The molecule has 2 aromatic carbocycles. The van der Waals surface area contributed by atoms with Crippen LogP contribution in [0.4, 0.5) is 0 Å². The summed E-state index contributed by atoms with van der Waals surface area (Å²) in [5.74, 6) is -0.838. The lowest BCUT2D eigenvalue weighted by Crippen LogP contribution is -2.32. The number of fused-ring (bicyclic) bond motifs is 1. The number of hydrogen-bond donors (Lipinski definition) is 3. The van der Waals surface area contributed by atoms with E-state index in [9.17, 15) is 9.90 Å². The molecule has 2 rings (SSSR count). The van der Waals surface area contributed by atoms with Gasteiger partial charge in [-0.3, -0.25) is 4.79 Å². The number of rotatable bonds is 3. The normalized spacial score (nSPS) is 12.5. The number of aliphatic carboxylic acids is 1. The van der Waals surface area contributed by atoms with Gasteiger partial charge in [-0.15, -0.1) is 0 Å². The standard InChI is InChI=1S/C13H13NO3/c14-11(13(16)17)7-8-3-1-5-10-9(8)4-2-6-12(10)15/h1-6,11,15H,7,14H2,(H,16,17). The average Bonchev–Trinajstić information content (AvgIpc) is 2.30. The number of hydrogen-bond acceptors (Lipinski definition) is 3. The van der Waals surface area contributed by atoms with E-state index < -0.39 is 12.0 Å². The molecule has 4 heteroatoms. The van der Waals surface area contributed by atoms with Crippen LogP contribution in [0, 0.1) is 0 Å². The zero-order chi connectivity index (χ0) is 12.4. The first kappa shape index (κ1) is 11.4. The molecule has 4 N–H and O–H groups in total. The maximum Gasteiger partial charge on any atom is 0.320 e. The van der Waals surface area contributed by atoms with Gasteiger partial charge < -0.3 is 15.9 Å². The SMILES string of the molecule is NC(Cc1cccc2c(O)cccc12)C(=O)O. The number of aromatic hydroxyl groups is 1. The van der Waals surface area contributed by atoms with Gasteiger partial charge in [0, 0.05) is 5.39 Å². The Labute approximate surface area is 98.3 Å². The largest absolute Gasteiger partial charge is 0.507 e. The van der Waals surface area contributed by atoms with Crippen molar-refractivity contribution in [2.24, 2.45) is 5.73 Å². The molecule has 0 aromatic heterocycles. The first-order chi connectivity index (χ1) is 8.09. The Morgan fingerprint density at radius 1 is 1.18 bits per heavy atom. The Kier molecular flexibility index (Phi) is 2.97. The van der Waals surface area contributed by atoms with Crippen LogP contribution < -0.4 is 5.73 Å². The maximum atomic E-state index is 10.7. The van der Waals surface area contributed by atoms with Crippen LogP contribution in [-0.4, -0.2) is 22.2 Å². The number of benzene rings is 2. The third-order valence-electron chi connectivity index (χ3n) is 2.75. The quantitative estimate of drug-likeness (QED) is 0.747. The lowest BCUT2D eigenvalue weighted by molar-refractivity contribution is -0.138. The number of carboxylic acid groups (broad SMARTS) is 1. The van der Waals surface area contributed by atoms with Crippen LogP contribution >= 0.6 is 0 Å².